The zero-order chi connectivity index (χ0) is 21.7. The lowest BCUT2D eigenvalue weighted by Gasteiger charge is -2.33. The number of rotatable bonds is 4. The van der Waals surface area contributed by atoms with Crippen molar-refractivity contribution in [3.05, 3.63) is 60.2 Å². The van der Waals surface area contributed by atoms with Crippen molar-refractivity contribution in [2.24, 2.45) is 0 Å². The van der Waals surface area contributed by atoms with Gasteiger partial charge in [-0.15, -0.1) is 0 Å². The van der Waals surface area contributed by atoms with Crippen LogP contribution < -0.4 is 10.6 Å². The predicted octanol–water partition coefficient (Wildman–Crippen LogP) is 3.03. The van der Waals surface area contributed by atoms with Crippen LogP contribution in [0.2, 0.25) is 0 Å². The molecule has 0 radical (unpaired) electrons. The molecule has 3 aromatic heterocycles. The number of ether oxygens (including phenoxy) is 1. The van der Waals surface area contributed by atoms with E-state index in [4.69, 9.17) is 10.5 Å². The maximum Gasteiger partial charge on any atom is 0.182 e. The molecule has 32 heavy (non-hydrogen) atoms. The highest BCUT2D eigenvalue weighted by Crippen LogP contribution is 2.33. The molecule has 2 bridgehead atoms. The van der Waals surface area contributed by atoms with E-state index in [9.17, 15) is 4.39 Å². The van der Waals surface area contributed by atoms with Crippen molar-refractivity contribution >= 4 is 22.5 Å². The molecule has 2 aliphatic rings. The molecule has 4 aromatic rings. The van der Waals surface area contributed by atoms with E-state index in [1.165, 1.54) is 6.07 Å². The zero-order valence-electron chi connectivity index (χ0n) is 17.4. The van der Waals surface area contributed by atoms with Crippen LogP contribution in [0.3, 0.4) is 0 Å². The first-order valence-corrected chi connectivity index (χ1v) is 10.7. The Labute approximate surface area is 183 Å². The van der Waals surface area contributed by atoms with Crippen molar-refractivity contribution in [2.45, 2.75) is 31.6 Å². The van der Waals surface area contributed by atoms with E-state index >= 15 is 0 Å². The summed E-state index contributed by atoms with van der Waals surface area (Å²) in [5.41, 5.74) is 8.93. The first-order chi connectivity index (χ1) is 15.7. The van der Waals surface area contributed by atoms with Crippen LogP contribution in [0.5, 0.6) is 0 Å². The quantitative estimate of drug-likeness (QED) is 0.531. The van der Waals surface area contributed by atoms with E-state index < -0.39 is 0 Å². The first kappa shape index (κ1) is 19.1. The van der Waals surface area contributed by atoms with Crippen molar-refractivity contribution in [2.75, 3.05) is 23.7 Å². The number of nitrogen functional groups attached to an aromatic ring is 1. The Hall–Kier alpha value is -3.59. The number of aromatic nitrogens is 5. The summed E-state index contributed by atoms with van der Waals surface area (Å²) in [5, 5.41) is 5.48. The van der Waals surface area contributed by atoms with Crippen LogP contribution in [-0.4, -0.2) is 50.0 Å². The lowest BCUT2D eigenvalue weighted by Crippen LogP contribution is -2.43. The molecule has 2 aliphatic heterocycles. The number of hydrogen-bond acceptors (Lipinski definition) is 7. The molecule has 162 valence electrons. The largest absolute Gasteiger partial charge is 0.382 e. The zero-order valence-corrected chi connectivity index (χ0v) is 17.4. The molecular formula is C23H22FN7O. The van der Waals surface area contributed by atoms with E-state index in [0.717, 1.165) is 37.0 Å². The monoisotopic (exact) mass is 431 g/mol. The van der Waals surface area contributed by atoms with Gasteiger partial charge < -0.3 is 15.4 Å². The van der Waals surface area contributed by atoms with Crippen LogP contribution in [0.4, 0.5) is 15.9 Å². The van der Waals surface area contributed by atoms with Crippen molar-refractivity contribution < 1.29 is 9.13 Å². The Morgan fingerprint density at radius 1 is 1.06 bits per heavy atom. The van der Waals surface area contributed by atoms with E-state index in [1.807, 2.05) is 12.1 Å². The maximum atomic E-state index is 14.2. The summed E-state index contributed by atoms with van der Waals surface area (Å²) in [7, 11) is 0. The van der Waals surface area contributed by atoms with Gasteiger partial charge in [0, 0.05) is 24.8 Å². The predicted molar refractivity (Wildman–Crippen MR) is 119 cm³/mol. The van der Waals surface area contributed by atoms with Crippen LogP contribution >= 0.6 is 0 Å². The average Bonchev–Trinajstić information content (AvgIpc) is 3.34. The van der Waals surface area contributed by atoms with Crippen LogP contribution in [0.25, 0.3) is 22.6 Å². The van der Waals surface area contributed by atoms with Gasteiger partial charge in [-0.2, -0.15) is 5.10 Å². The van der Waals surface area contributed by atoms with Gasteiger partial charge in [0.1, 0.15) is 11.5 Å². The molecule has 9 heteroatoms. The minimum atomic E-state index is -0.280. The normalized spacial score (nSPS) is 20.2. The smallest absolute Gasteiger partial charge is 0.182 e. The summed E-state index contributed by atoms with van der Waals surface area (Å²) < 4.78 is 21.8. The highest BCUT2D eigenvalue weighted by molar-refractivity contribution is 5.89. The summed E-state index contributed by atoms with van der Waals surface area (Å²) in [6, 6.07) is 10.4. The van der Waals surface area contributed by atoms with E-state index in [1.54, 1.807) is 35.3 Å². The lowest BCUT2D eigenvalue weighted by molar-refractivity contribution is 0.0305. The molecule has 2 N–H and O–H groups in total. The van der Waals surface area contributed by atoms with Gasteiger partial charge in [-0.1, -0.05) is 18.2 Å². The Morgan fingerprint density at radius 2 is 1.88 bits per heavy atom. The number of nitrogens with two attached hydrogens (primary N) is 1. The molecule has 8 nitrogen and oxygen atoms in total. The Kier molecular flexibility index (Phi) is 4.50. The van der Waals surface area contributed by atoms with Gasteiger partial charge in [0.05, 0.1) is 36.0 Å². The van der Waals surface area contributed by atoms with Crippen molar-refractivity contribution in [1.82, 2.24) is 24.7 Å². The molecule has 2 fully saturated rings. The number of benzene rings is 1. The summed E-state index contributed by atoms with van der Waals surface area (Å²) in [4.78, 5) is 15.8. The SMILES string of the molecule is Nc1nc(-c2nn(Cc3ccccc3F)c3ncccc23)ncc1N1CC2CCC(C1)O2. The second kappa shape index (κ2) is 7.52. The van der Waals surface area contributed by atoms with Gasteiger partial charge >= 0.3 is 0 Å². The van der Waals surface area contributed by atoms with Gasteiger partial charge in [-0.3, -0.25) is 0 Å². The molecule has 6 rings (SSSR count). The van der Waals surface area contributed by atoms with Gasteiger partial charge in [0.25, 0.3) is 0 Å². The fourth-order valence-electron chi connectivity index (χ4n) is 4.63. The molecule has 0 spiro atoms. The third kappa shape index (κ3) is 3.25. The number of nitrogens with zero attached hydrogens (tertiary/aromatic N) is 6. The number of pyridine rings is 1. The second-order valence-electron chi connectivity index (χ2n) is 8.30. The molecule has 0 aliphatic carbocycles. The Morgan fingerprint density at radius 3 is 2.66 bits per heavy atom. The number of fused-ring (bicyclic) bond motifs is 3. The van der Waals surface area contributed by atoms with Crippen LogP contribution in [-0.2, 0) is 11.3 Å². The highest BCUT2D eigenvalue weighted by Gasteiger charge is 2.34. The van der Waals surface area contributed by atoms with Crippen LogP contribution in [0, 0.1) is 5.82 Å². The summed E-state index contributed by atoms with van der Waals surface area (Å²) in [6.07, 6.45) is 6.11. The third-order valence-corrected chi connectivity index (χ3v) is 6.18. The molecule has 5 heterocycles. The molecule has 2 atom stereocenters. The fraction of sp³-hybridized carbons (Fsp3) is 0.304. The van der Waals surface area contributed by atoms with Crippen LogP contribution in [0.15, 0.2) is 48.8 Å². The Bertz CT molecular complexity index is 1290. The van der Waals surface area contributed by atoms with Crippen LogP contribution in [0.1, 0.15) is 18.4 Å². The topological polar surface area (TPSA) is 95.0 Å². The molecule has 1 aromatic carbocycles. The second-order valence-corrected chi connectivity index (χ2v) is 8.30. The fourth-order valence-corrected chi connectivity index (χ4v) is 4.63. The molecular weight excluding hydrogens is 409 g/mol. The van der Waals surface area contributed by atoms with Crippen molar-refractivity contribution in [1.29, 1.82) is 0 Å². The average molecular weight is 431 g/mol. The molecule has 2 unspecified atom stereocenters. The number of halogens is 1. The lowest BCUT2D eigenvalue weighted by atomic mass is 10.2. The standard InChI is InChI=1S/C23H22FN7O/c24-18-6-2-1-4-14(18)11-31-23-17(5-3-9-26-23)20(29-31)22-27-10-19(21(25)28-22)30-12-15-7-8-16(13-30)32-15/h1-6,9-10,15-16H,7-8,11-13H2,(H2,25,27,28). The number of anilines is 2. The van der Waals surface area contributed by atoms with Gasteiger partial charge in [0.15, 0.2) is 17.3 Å². The van der Waals surface area contributed by atoms with E-state index in [2.05, 4.69) is 25.0 Å². The van der Waals surface area contributed by atoms with Crippen molar-refractivity contribution in [3.63, 3.8) is 0 Å². The molecule has 0 amide bonds. The minimum Gasteiger partial charge on any atom is -0.382 e. The summed E-state index contributed by atoms with van der Waals surface area (Å²) in [6.45, 7) is 1.85. The Balaban J connectivity index is 1.37. The van der Waals surface area contributed by atoms with Gasteiger partial charge in [-0.05, 0) is 31.0 Å². The van der Waals surface area contributed by atoms with Crippen molar-refractivity contribution in [3.8, 4) is 11.5 Å². The maximum absolute atomic E-state index is 14.2. The summed E-state index contributed by atoms with van der Waals surface area (Å²) >= 11 is 0. The van der Waals surface area contributed by atoms with Gasteiger partial charge in [-0.25, -0.2) is 24.0 Å². The van der Waals surface area contributed by atoms with Gasteiger partial charge in [0.2, 0.25) is 0 Å². The highest BCUT2D eigenvalue weighted by atomic mass is 19.1. The first-order valence-electron chi connectivity index (χ1n) is 10.7. The number of morpholine rings is 1. The third-order valence-electron chi connectivity index (χ3n) is 6.18. The summed E-state index contributed by atoms with van der Waals surface area (Å²) in [5.74, 6) is 0.558. The van der Waals surface area contributed by atoms with E-state index in [0.29, 0.717) is 28.5 Å². The number of hydrogen-bond donors (Lipinski definition) is 1. The van der Waals surface area contributed by atoms with E-state index in [-0.39, 0.29) is 24.6 Å². The minimum absolute atomic E-state index is 0.247. The molecule has 0 saturated carbocycles. The molecule has 2 saturated heterocycles.